The van der Waals surface area contributed by atoms with Crippen molar-refractivity contribution in [2.24, 2.45) is 17.8 Å². The molecule has 3 rings (SSSR count). The van der Waals surface area contributed by atoms with Gasteiger partial charge in [0.1, 0.15) is 5.75 Å². The SMILES string of the molecule is CCCCCCC[C@H]1CC[C@H](CC[C@H]2CC[C@H](c3ccc(OC(F)(F)C(F)F)cc3)CC2)CC1. The van der Waals surface area contributed by atoms with Gasteiger partial charge in [0.05, 0.1) is 0 Å². The second kappa shape index (κ2) is 13.7. The first kappa shape index (κ1) is 27.3. The Bertz CT molecular complexity index is 674. The smallest absolute Gasteiger partial charge is 0.428 e. The number of unbranched alkanes of at least 4 members (excludes halogenated alkanes) is 4. The second-order valence-corrected chi connectivity index (χ2v) is 10.9. The third-order valence-corrected chi connectivity index (χ3v) is 8.37. The van der Waals surface area contributed by atoms with Gasteiger partial charge in [0.25, 0.3) is 0 Å². The van der Waals surface area contributed by atoms with Crippen LogP contribution in [0.5, 0.6) is 5.75 Å². The van der Waals surface area contributed by atoms with E-state index in [1.54, 1.807) is 12.1 Å². The van der Waals surface area contributed by atoms with Crippen molar-refractivity contribution < 1.29 is 22.3 Å². The van der Waals surface area contributed by atoms with E-state index >= 15 is 0 Å². The molecule has 2 aliphatic carbocycles. The molecule has 0 aromatic heterocycles. The van der Waals surface area contributed by atoms with E-state index in [-0.39, 0.29) is 5.75 Å². The van der Waals surface area contributed by atoms with Crippen molar-refractivity contribution in [2.75, 3.05) is 0 Å². The van der Waals surface area contributed by atoms with E-state index in [0.29, 0.717) is 5.92 Å². The van der Waals surface area contributed by atoms with E-state index in [2.05, 4.69) is 11.7 Å². The van der Waals surface area contributed by atoms with Crippen LogP contribution >= 0.6 is 0 Å². The van der Waals surface area contributed by atoms with E-state index < -0.39 is 12.5 Å². The van der Waals surface area contributed by atoms with Gasteiger partial charge in [0, 0.05) is 0 Å². The topological polar surface area (TPSA) is 9.23 Å². The Labute approximate surface area is 204 Å². The molecule has 0 spiro atoms. The van der Waals surface area contributed by atoms with Crippen LogP contribution in [0.25, 0.3) is 0 Å². The minimum atomic E-state index is -4.45. The summed E-state index contributed by atoms with van der Waals surface area (Å²) in [4.78, 5) is 0. The number of halogens is 4. The number of alkyl halides is 4. The van der Waals surface area contributed by atoms with E-state index in [1.165, 1.54) is 102 Å². The predicted molar refractivity (Wildman–Crippen MR) is 131 cm³/mol. The van der Waals surface area contributed by atoms with Crippen LogP contribution in [0.15, 0.2) is 24.3 Å². The van der Waals surface area contributed by atoms with Crippen LogP contribution in [-0.4, -0.2) is 12.5 Å². The van der Waals surface area contributed by atoms with Crippen molar-refractivity contribution in [2.45, 2.75) is 128 Å². The molecule has 2 aliphatic rings. The van der Waals surface area contributed by atoms with E-state index in [9.17, 15) is 17.6 Å². The van der Waals surface area contributed by atoms with Crippen LogP contribution in [0.2, 0.25) is 0 Å². The first-order valence-electron chi connectivity index (χ1n) is 13.8. The predicted octanol–water partition coefficient (Wildman–Crippen LogP) is 10.1. The van der Waals surface area contributed by atoms with Crippen LogP contribution in [0, 0.1) is 17.8 Å². The zero-order valence-electron chi connectivity index (χ0n) is 20.9. The third-order valence-electron chi connectivity index (χ3n) is 8.37. The van der Waals surface area contributed by atoms with Crippen molar-refractivity contribution in [3.05, 3.63) is 29.8 Å². The molecule has 2 saturated carbocycles. The Morgan fingerprint density at radius 1 is 0.735 bits per heavy atom. The lowest BCUT2D eigenvalue weighted by atomic mass is 9.74. The lowest BCUT2D eigenvalue weighted by Crippen LogP contribution is -2.33. The Morgan fingerprint density at radius 3 is 1.76 bits per heavy atom. The molecule has 0 radical (unpaired) electrons. The zero-order chi connectivity index (χ0) is 24.4. The normalized spacial score (nSPS) is 26.1. The highest BCUT2D eigenvalue weighted by Crippen LogP contribution is 2.41. The Hall–Kier alpha value is -1.26. The fraction of sp³-hybridized carbons (Fsp3) is 0.793. The monoisotopic (exact) mass is 484 g/mol. The quantitative estimate of drug-likeness (QED) is 0.200. The summed E-state index contributed by atoms with van der Waals surface area (Å²) in [6, 6.07) is 6.28. The molecule has 0 bridgehead atoms. The van der Waals surface area contributed by atoms with Crippen molar-refractivity contribution >= 4 is 0 Å². The Morgan fingerprint density at radius 2 is 1.24 bits per heavy atom. The van der Waals surface area contributed by atoms with E-state index in [0.717, 1.165) is 36.2 Å². The number of ether oxygens (including phenoxy) is 1. The summed E-state index contributed by atoms with van der Waals surface area (Å²) >= 11 is 0. The van der Waals surface area contributed by atoms with Crippen LogP contribution in [0.4, 0.5) is 17.6 Å². The number of hydrogen-bond acceptors (Lipinski definition) is 1. The van der Waals surface area contributed by atoms with Crippen molar-refractivity contribution in [1.29, 1.82) is 0 Å². The molecule has 2 fully saturated rings. The lowest BCUT2D eigenvalue weighted by Gasteiger charge is -2.32. The van der Waals surface area contributed by atoms with Crippen molar-refractivity contribution in [1.82, 2.24) is 0 Å². The van der Waals surface area contributed by atoms with Gasteiger partial charge in [-0.15, -0.1) is 0 Å². The van der Waals surface area contributed by atoms with Crippen LogP contribution in [-0.2, 0) is 0 Å². The minimum Gasteiger partial charge on any atom is -0.428 e. The number of benzene rings is 1. The molecular formula is C29H44F4O. The molecule has 0 N–H and O–H groups in total. The standard InChI is InChI=1S/C29H44F4O/c1-2-3-4-5-6-7-22-8-10-23(11-9-22)12-13-24-14-16-25(17-15-24)26-18-20-27(21-19-26)34-29(32,33)28(30)31/h18-25,28H,2-17H2,1H3/t22-,23-,24-,25-. The van der Waals surface area contributed by atoms with Crippen molar-refractivity contribution in [3.8, 4) is 5.75 Å². The van der Waals surface area contributed by atoms with Gasteiger partial charge < -0.3 is 4.74 Å². The van der Waals surface area contributed by atoms with Crippen molar-refractivity contribution in [3.63, 3.8) is 0 Å². The number of hydrogen-bond donors (Lipinski definition) is 0. The largest absolute Gasteiger partial charge is 0.461 e. The van der Waals surface area contributed by atoms with Gasteiger partial charge in [-0.3, -0.25) is 0 Å². The summed E-state index contributed by atoms with van der Waals surface area (Å²) < 4.78 is 54.9. The fourth-order valence-electron chi connectivity index (χ4n) is 6.11. The second-order valence-electron chi connectivity index (χ2n) is 10.9. The van der Waals surface area contributed by atoms with E-state index in [4.69, 9.17) is 0 Å². The Kier molecular flexibility index (Phi) is 11.0. The molecule has 0 saturated heterocycles. The maximum absolute atomic E-state index is 13.1. The molecule has 1 aromatic carbocycles. The maximum atomic E-state index is 13.1. The molecule has 1 nitrogen and oxygen atoms in total. The Balaban J connectivity index is 1.30. The van der Waals surface area contributed by atoms with Gasteiger partial charge in [-0.1, -0.05) is 96.1 Å². The maximum Gasteiger partial charge on any atom is 0.461 e. The summed E-state index contributed by atoms with van der Waals surface area (Å²) in [5.41, 5.74) is 1.10. The molecule has 34 heavy (non-hydrogen) atoms. The van der Waals surface area contributed by atoms with Crippen LogP contribution in [0.1, 0.15) is 121 Å². The van der Waals surface area contributed by atoms with Gasteiger partial charge >= 0.3 is 12.5 Å². The molecule has 0 heterocycles. The van der Waals surface area contributed by atoms with Crippen LogP contribution < -0.4 is 4.74 Å². The molecule has 0 aliphatic heterocycles. The highest BCUT2D eigenvalue weighted by atomic mass is 19.3. The molecular weight excluding hydrogens is 440 g/mol. The highest BCUT2D eigenvalue weighted by Gasteiger charge is 2.44. The number of rotatable bonds is 13. The summed E-state index contributed by atoms with van der Waals surface area (Å²) in [5.74, 6) is 2.92. The average molecular weight is 485 g/mol. The van der Waals surface area contributed by atoms with Gasteiger partial charge in [-0.05, 0) is 67.1 Å². The minimum absolute atomic E-state index is 0.214. The molecule has 5 heteroatoms. The van der Waals surface area contributed by atoms with Gasteiger partial charge in [0.15, 0.2) is 0 Å². The summed E-state index contributed by atoms with van der Waals surface area (Å²) in [5, 5.41) is 0. The first-order valence-corrected chi connectivity index (χ1v) is 13.8. The molecule has 0 unspecified atom stereocenters. The molecule has 194 valence electrons. The molecule has 0 atom stereocenters. The van der Waals surface area contributed by atoms with Gasteiger partial charge in [0.2, 0.25) is 0 Å². The molecule has 1 aromatic rings. The van der Waals surface area contributed by atoms with Gasteiger partial charge in [-0.25, -0.2) is 0 Å². The summed E-state index contributed by atoms with van der Waals surface area (Å²) in [6.07, 6.45) is 13.2. The van der Waals surface area contributed by atoms with E-state index in [1.807, 2.05) is 0 Å². The highest BCUT2D eigenvalue weighted by molar-refractivity contribution is 5.30. The molecule has 0 amide bonds. The third kappa shape index (κ3) is 8.75. The van der Waals surface area contributed by atoms with Crippen LogP contribution in [0.3, 0.4) is 0 Å². The summed E-state index contributed by atoms with van der Waals surface area (Å²) in [7, 11) is 0. The first-order chi connectivity index (χ1) is 16.4. The zero-order valence-corrected chi connectivity index (χ0v) is 20.9. The fourth-order valence-corrected chi connectivity index (χ4v) is 6.11. The summed E-state index contributed by atoms with van der Waals surface area (Å²) in [6.45, 7) is 2.28. The van der Waals surface area contributed by atoms with Gasteiger partial charge in [-0.2, -0.15) is 17.6 Å². The lowest BCUT2D eigenvalue weighted by molar-refractivity contribution is -0.253. The average Bonchev–Trinajstić information content (AvgIpc) is 2.84.